The van der Waals surface area contributed by atoms with Crippen LogP contribution in [0.25, 0.3) is 0 Å². The van der Waals surface area contributed by atoms with Crippen LogP contribution < -0.4 is 0 Å². The Hall–Kier alpha value is -0.710. The van der Waals surface area contributed by atoms with E-state index in [-0.39, 0.29) is 17.4 Å². The van der Waals surface area contributed by atoms with Gasteiger partial charge in [0.1, 0.15) is 0 Å². The molecule has 5 heteroatoms. The zero-order chi connectivity index (χ0) is 8.85. The summed E-state index contributed by atoms with van der Waals surface area (Å²) >= 11 is 0.0559. The molecule has 0 aromatic heterocycles. The number of rotatable bonds is 3. The summed E-state index contributed by atoms with van der Waals surface area (Å²) in [6, 6.07) is -0.637. The van der Waals surface area contributed by atoms with E-state index in [4.69, 9.17) is 0 Å². The van der Waals surface area contributed by atoms with Gasteiger partial charge in [0.2, 0.25) is 0 Å². The molecule has 0 heterocycles. The molecule has 0 aliphatic rings. The van der Waals surface area contributed by atoms with Gasteiger partial charge in [-0.2, -0.15) is 8.57 Å². The molecule has 0 N–H and O–H groups in total. The first kappa shape index (κ1) is 10.3. The Bertz CT molecular complexity index is 186. The molecule has 1 atom stereocenters. The topological polar surface area (TPSA) is 55.7 Å². The maximum atomic E-state index is 10.9. The van der Waals surface area contributed by atoms with E-state index in [2.05, 4.69) is 9.10 Å². The molecule has 0 aliphatic heterocycles. The highest BCUT2D eigenvalue weighted by molar-refractivity contribution is 7.54. The Labute approximate surface area is 69.2 Å². The van der Waals surface area contributed by atoms with E-state index >= 15 is 0 Å². The number of hydrogen-bond acceptors (Lipinski definition) is 4. The van der Waals surface area contributed by atoms with Crippen LogP contribution in [0.4, 0.5) is 0 Å². The maximum absolute atomic E-state index is 10.9. The summed E-state index contributed by atoms with van der Waals surface area (Å²) < 4.78 is 17.9. The summed E-state index contributed by atoms with van der Waals surface area (Å²) in [5, 5.41) is 0. The van der Waals surface area contributed by atoms with Gasteiger partial charge >= 0.3 is 5.97 Å². The van der Waals surface area contributed by atoms with Crippen molar-refractivity contribution in [3.63, 3.8) is 0 Å². The molecular formula is C6H11NO3S. The van der Waals surface area contributed by atoms with Crippen molar-refractivity contribution >= 4 is 17.4 Å². The molecule has 0 fully saturated rings. The zero-order valence-corrected chi connectivity index (χ0v) is 7.55. The lowest BCUT2D eigenvalue weighted by Crippen LogP contribution is -2.25. The van der Waals surface area contributed by atoms with Crippen LogP contribution in [0, 0.1) is 5.92 Å². The van der Waals surface area contributed by atoms with Crippen molar-refractivity contribution in [2.45, 2.75) is 19.9 Å². The van der Waals surface area contributed by atoms with Crippen LogP contribution in [0.1, 0.15) is 13.8 Å². The number of esters is 1. The Morgan fingerprint density at radius 2 is 2.09 bits per heavy atom. The number of carbonyl (C=O) groups excluding carboxylic acids is 1. The number of hydrogen-bond donors (Lipinski definition) is 0. The van der Waals surface area contributed by atoms with Crippen LogP contribution >= 0.6 is 0 Å². The summed E-state index contributed by atoms with van der Waals surface area (Å²) in [6.07, 6.45) is 0. The monoisotopic (exact) mass is 177 g/mol. The van der Waals surface area contributed by atoms with Crippen molar-refractivity contribution in [2.75, 3.05) is 7.11 Å². The molecule has 0 unspecified atom stereocenters. The Morgan fingerprint density at radius 1 is 1.55 bits per heavy atom. The van der Waals surface area contributed by atoms with Gasteiger partial charge in [0.05, 0.1) is 7.11 Å². The normalized spacial score (nSPS) is 12.4. The van der Waals surface area contributed by atoms with E-state index in [1.807, 2.05) is 0 Å². The minimum atomic E-state index is -0.637. The Kier molecular flexibility index (Phi) is 4.69. The predicted octanol–water partition coefficient (Wildman–Crippen LogP) is 0.581. The average Bonchev–Trinajstić information content (AvgIpc) is 1.98. The first-order chi connectivity index (χ1) is 5.13. The van der Waals surface area contributed by atoms with Crippen molar-refractivity contribution in [1.29, 1.82) is 0 Å². The average molecular weight is 177 g/mol. The van der Waals surface area contributed by atoms with Crippen LogP contribution in [0.5, 0.6) is 0 Å². The van der Waals surface area contributed by atoms with Gasteiger partial charge in [-0.15, -0.1) is 0 Å². The van der Waals surface area contributed by atoms with Crippen LogP contribution in [-0.2, 0) is 21.0 Å². The third-order valence-electron chi connectivity index (χ3n) is 1.23. The molecule has 0 saturated heterocycles. The van der Waals surface area contributed by atoms with Crippen molar-refractivity contribution in [3.05, 3.63) is 0 Å². The number of methoxy groups -OCH3 is 1. The van der Waals surface area contributed by atoms with Crippen LogP contribution in [0.15, 0.2) is 4.36 Å². The minimum Gasteiger partial charge on any atom is -0.467 e. The second-order valence-corrected chi connectivity index (χ2v) is 2.75. The molecule has 0 amide bonds. The van der Waals surface area contributed by atoms with E-state index in [9.17, 15) is 9.00 Å². The van der Waals surface area contributed by atoms with Gasteiger partial charge in [-0.3, -0.25) is 0 Å². The largest absolute Gasteiger partial charge is 0.467 e. The van der Waals surface area contributed by atoms with E-state index in [1.54, 1.807) is 13.8 Å². The number of carbonyl (C=O) groups is 1. The molecular weight excluding hydrogens is 166 g/mol. The molecule has 11 heavy (non-hydrogen) atoms. The molecule has 64 valence electrons. The molecule has 0 aromatic rings. The molecule has 4 nitrogen and oxygen atoms in total. The van der Waals surface area contributed by atoms with E-state index < -0.39 is 12.0 Å². The summed E-state index contributed by atoms with van der Waals surface area (Å²) in [4.78, 5) is 10.9. The fourth-order valence-corrected chi connectivity index (χ4v) is 1.03. The number of ether oxygens (including phenoxy) is 1. The minimum absolute atomic E-state index is 0.00361. The lowest BCUT2D eigenvalue weighted by molar-refractivity contribution is -0.143. The van der Waals surface area contributed by atoms with Crippen molar-refractivity contribution in [2.24, 2.45) is 10.3 Å². The summed E-state index contributed by atoms with van der Waals surface area (Å²) in [5.41, 5.74) is 0. The molecule has 0 rings (SSSR count). The molecule has 0 saturated carbocycles. The SMILES string of the molecule is COC(=O)[C@@H](N=S=O)C(C)C. The smallest absolute Gasteiger partial charge is 0.332 e. The highest BCUT2D eigenvalue weighted by Crippen LogP contribution is 2.06. The van der Waals surface area contributed by atoms with E-state index in [0.717, 1.165) is 0 Å². The van der Waals surface area contributed by atoms with Crippen molar-refractivity contribution in [3.8, 4) is 0 Å². The van der Waals surface area contributed by atoms with Gasteiger partial charge < -0.3 is 4.74 Å². The lowest BCUT2D eigenvalue weighted by atomic mass is 10.1. The summed E-state index contributed by atoms with van der Waals surface area (Å²) in [7, 11) is 1.28. The molecule has 0 aromatic carbocycles. The Morgan fingerprint density at radius 3 is 2.36 bits per heavy atom. The fraction of sp³-hybridized carbons (Fsp3) is 0.833. The lowest BCUT2D eigenvalue weighted by Gasteiger charge is -2.10. The quantitative estimate of drug-likeness (QED) is 0.592. The number of nitrogens with zero attached hydrogens (tertiary/aromatic N) is 1. The highest BCUT2D eigenvalue weighted by Gasteiger charge is 2.21. The molecule has 0 spiro atoms. The maximum Gasteiger partial charge on any atom is 0.332 e. The fourth-order valence-electron chi connectivity index (χ4n) is 0.604. The standard InChI is InChI=1S/C6H11NO3S/c1-4(2)5(7-11-9)6(8)10-3/h4-5H,1-3H3/t5-/m0/s1. The summed E-state index contributed by atoms with van der Waals surface area (Å²) in [5.74, 6) is -0.452. The Balaban J connectivity index is 4.33. The summed E-state index contributed by atoms with van der Waals surface area (Å²) in [6.45, 7) is 3.61. The van der Waals surface area contributed by atoms with Gasteiger partial charge in [-0.25, -0.2) is 4.79 Å². The van der Waals surface area contributed by atoms with Crippen LogP contribution in [0.2, 0.25) is 0 Å². The first-order valence-corrected chi connectivity index (χ1v) is 3.90. The molecule has 0 radical (unpaired) electrons. The van der Waals surface area contributed by atoms with Crippen molar-refractivity contribution < 1.29 is 13.7 Å². The zero-order valence-electron chi connectivity index (χ0n) is 6.73. The van der Waals surface area contributed by atoms with Crippen LogP contribution in [0.3, 0.4) is 0 Å². The second-order valence-electron chi connectivity index (χ2n) is 2.39. The van der Waals surface area contributed by atoms with Gasteiger partial charge in [0.15, 0.2) is 17.5 Å². The van der Waals surface area contributed by atoms with Gasteiger partial charge in [0, 0.05) is 0 Å². The predicted molar refractivity (Wildman–Crippen MR) is 41.2 cm³/mol. The second kappa shape index (κ2) is 5.01. The van der Waals surface area contributed by atoms with Crippen molar-refractivity contribution in [1.82, 2.24) is 0 Å². The first-order valence-electron chi connectivity index (χ1n) is 3.20. The molecule has 0 aliphatic carbocycles. The van der Waals surface area contributed by atoms with Gasteiger partial charge in [-0.1, -0.05) is 13.8 Å². The van der Waals surface area contributed by atoms with E-state index in [1.165, 1.54) is 7.11 Å². The van der Waals surface area contributed by atoms with E-state index in [0.29, 0.717) is 0 Å². The third kappa shape index (κ3) is 3.27. The van der Waals surface area contributed by atoms with Crippen LogP contribution in [-0.4, -0.2) is 23.3 Å². The molecule has 0 bridgehead atoms. The van der Waals surface area contributed by atoms with Gasteiger partial charge in [0.25, 0.3) is 0 Å². The highest BCUT2D eigenvalue weighted by atomic mass is 32.1. The van der Waals surface area contributed by atoms with Gasteiger partial charge in [-0.05, 0) is 5.92 Å². The third-order valence-corrected chi connectivity index (χ3v) is 1.54.